The van der Waals surface area contributed by atoms with Crippen molar-refractivity contribution in [1.82, 2.24) is 5.32 Å². The molecule has 1 aromatic carbocycles. The molecule has 1 fully saturated rings. The maximum Gasteiger partial charge on any atom is 0.248 e. The van der Waals surface area contributed by atoms with Gasteiger partial charge in [0.1, 0.15) is 6.10 Å². The SMILES string of the molecule is CCO[C@H](C)C(=O)NCC1(c2cccc(Br)c2)CCOCC1. The number of nitrogens with one attached hydrogen (secondary N) is 1. The number of carbonyl (C=O) groups is 1. The highest BCUT2D eigenvalue weighted by Gasteiger charge is 2.35. The van der Waals surface area contributed by atoms with E-state index in [0.717, 1.165) is 30.5 Å². The summed E-state index contributed by atoms with van der Waals surface area (Å²) in [7, 11) is 0. The van der Waals surface area contributed by atoms with Crippen LogP contribution >= 0.6 is 15.9 Å². The van der Waals surface area contributed by atoms with Crippen LogP contribution in [0.1, 0.15) is 32.3 Å². The largest absolute Gasteiger partial charge is 0.381 e. The lowest BCUT2D eigenvalue weighted by Gasteiger charge is -2.38. The Hall–Kier alpha value is -0.910. The van der Waals surface area contributed by atoms with Crippen LogP contribution in [0.2, 0.25) is 0 Å². The molecule has 0 aromatic heterocycles. The first kappa shape index (κ1) is 17.4. The van der Waals surface area contributed by atoms with Crippen LogP contribution in [-0.2, 0) is 19.7 Å². The minimum absolute atomic E-state index is 0.0530. The predicted octanol–water partition coefficient (Wildman–Crippen LogP) is 3.04. The summed E-state index contributed by atoms with van der Waals surface area (Å²) in [5, 5.41) is 3.06. The average Bonchev–Trinajstić information content (AvgIpc) is 2.53. The maximum atomic E-state index is 12.1. The molecule has 1 amide bonds. The molecule has 0 unspecified atom stereocenters. The van der Waals surface area contributed by atoms with Gasteiger partial charge in [0, 0.05) is 36.3 Å². The fourth-order valence-electron chi connectivity index (χ4n) is 2.87. The molecule has 5 heteroatoms. The van der Waals surface area contributed by atoms with E-state index < -0.39 is 6.10 Å². The van der Waals surface area contributed by atoms with E-state index in [1.54, 1.807) is 6.92 Å². The van der Waals surface area contributed by atoms with Crippen molar-refractivity contribution in [2.75, 3.05) is 26.4 Å². The lowest BCUT2D eigenvalue weighted by atomic mass is 9.74. The number of rotatable bonds is 6. The van der Waals surface area contributed by atoms with E-state index in [9.17, 15) is 4.79 Å². The van der Waals surface area contributed by atoms with E-state index >= 15 is 0 Å². The molecule has 1 aromatic rings. The van der Waals surface area contributed by atoms with Crippen LogP contribution in [0.4, 0.5) is 0 Å². The number of hydrogen-bond donors (Lipinski definition) is 1. The zero-order valence-corrected chi connectivity index (χ0v) is 14.8. The molecule has 0 aliphatic carbocycles. The van der Waals surface area contributed by atoms with Crippen molar-refractivity contribution in [2.45, 2.75) is 38.2 Å². The summed E-state index contributed by atoms with van der Waals surface area (Å²) in [6.45, 7) is 6.29. The first-order valence-corrected chi connectivity index (χ1v) is 8.60. The number of carbonyl (C=O) groups excluding carboxylic acids is 1. The number of halogens is 1. The van der Waals surface area contributed by atoms with Gasteiger partial charge in [-0.2, -0.15) is 0 Å². The van der Waals surface area contributed by atoms with Crippen LogP contribution in [0.5, 0.6) is 0 Å². The Balaban J connectivity index is 2.11. The number of amides is 1. The molecule has 1 N–H and O–H groups in total. The Kier molecular flexibility index (Phi) is 6.41. The highest BCUT2D eigenvalue weighted by atomic mass is 79.9. The van der Waals surface area contributed by atoms with Crippen LogP contribution in [-0.4, -0.2) is 38.4 Å². The van der Waals surface area contributed by atoms with Crippen LogP contribution in [0.15, 0.2) is 28.7 Å². The third kappa shape index (κ3) is 4.31. The zero-order chi connectivity index (χ0) is 16.0. The normalized spacial score (nSPS) is 18.7. The fourth-order valence-corrected chi connectivity index (χ4v) is 3.27. The molecule has 1 heterocycles. The fraction of sp³-hybridized carbons (Fsp3) is 0.588. The van der Waals surface area contributed by atoms with Crippen molar-refractivity contribution in [2.24, 2.45) is 0 Å². The van der Waals surface area contributed by atoms with Gasteiger partial charge < -0.3 is 14.8 Å². The van der Waals surface area contributed by atoms with Crippen LogP contribution in [0.25, 0.3) is 0 Å². The second-order valence-electron chi connectivity index (χ2n) is 5.72. The summed E-state index contributed by atoms with van der Waals surface area (Å²) in [5.41, 5.74) is 1.18. The van der Waals surface area contributed by atoms with Crippen LogP contribution < -0.4 is 5.32 Å². The Morgan fingerprint density at radius 2 is 2.18 bits per heavy atom. The monoisotopic (exact) mass is 369 g/mol. The molecule has 2 rings (SSSR count). The van der Waals surface area contributed by atoms with Crippen molar-refractivity contribution in [3.8, 4) is 0 Å². The highest BCUT2D eigenvalue weighted by Crippen LogP contribution is 2.35. The molecule has 22 heavy (non-hydrogen) atoms. The molecule has 0 saturated carbocycles. The minimum atomic E-state index is -0.413. The third-order valence-corrected chi connectivity index (χ3v) is 4.77. The summed E-state index contributed by atoms with van der Waals surface area (Å²) in [4.78, 5) is 12.1. The molecular weight excluding hydrogens is 346 g/mol. The van der Waals surface area contributed by atoms with E-state index in [0.29, 0.717) is 13.2 Å². The first-order chi connectivity index (χ1) is 10.6. The summed E-state index contributed by atoms with van der Waals surface area (Å²) in [5.74, 6) is -0.0530. The Morgan fingerprint density at radius 1 is 1.45 bits per heavy atom. The summed E-state index contributed by atoms with van der Waals surface area (Å²) < 4.78 is 11.9. The Morgan fingerprint density at radius 3 is 2.82 bits per heavy atom. The highest BCUT2D eigenvalue weighted by molar-refractivity contribution is 9.10. The van der Waals surface area contributed by atoms with Gasteiger partial charge in [0.05, 0.1) is 0 Å². The second-order valence-corrected chi connectivity index (χ2v) is 6.63. The summed E-state index contributed by atoms with van der Waals surface area (Å²) in [6.07, 6.45) is 1.41. The third-order valence-electron chi connectivity index (χ3n) is 4.27. The lowest BCUT2D eigenvalue weighted by Crippen LogP contribution is -2.47. The van der Waals surface area contributed by atoms with E-state index in [2.05, 4.69) is 33.4 Å². The topological polar surface area (TPSA) is 47.6 Å². The van der Waals surface area contributed by atoms with E-state index in [4.69, 9.17) is 9.47 Å². The van der Waals surface area contributed by atoms with Crippen LogP contribution in [0.3, 0.4) is 0 Å². The van der Waals surface area contributed by atoms with Crippen LogP contribution in [0, 0.1) is 0 Å². The van der Waals surface area contributed by atoms with Gasteiger partial charge in [0.15, 0.2) is 0 Å². The van der Waals surface area contributed by atoms with Gasteiger partial charge >= 0.3 is 0 Å². The zero-order valence-electron chi connectivity index (χ0n) is 13.2. The molecular formula is C17H24BrNO3. The van der Waals surface area contributed by atoms with Crippen molar-refractivity contribution < 1.29 is 14.3 Å². The van der Waals surface area contributed by atoms with Gasteiger partial charge in [-0.3, -0.25) is 4.79 Å². The average molecular weight is 370 g/mol. The van der Waals surface area contributed by atoms with E-state index in [1.165, 1.54) is 5.56 Å². The van der Waals surface area contributed by atoms with Gasteiger partial charge in [-0.25, -0.2) is 0 Å². The Bertz CT molecular complexity index is 500. The Labute approximate surface area is 140 Å². The first-order valence-electron chi connectivity index (χ1n) is 7.80. The molecule has 4 nitrogen and oxygen atoms in total. The molecule has 0 bridgehead atoms. The van der Waals surface area contributed by atoms with E-state index in [1.807, 2.05) is 19.1 Å². The quantitative estimate of drug-likeness (QED) is 0.838. The van der Waals surface area contributed by atoms with Gasteiger partial charge in [0.25, 0.3) is 0 Å². The molecule has 1 aliphatic rings. The molecule has 1 aliphatic heterocycles. The predicted molar refractivity (Wildman–Crippen MR) is 90.0 cm³/mol. The number of ether oxygens (including phenoxy) is 2. The number of benzene rings is 1. The maximum absolute atomic E-state index is 12.1. The molecule has 1 atom stereocenters. The van der Waals surface area contributed by atoms with Gasteiger partial charge in [0.2, 0.25) is 5.91 Å². The molecule has 122 valence electrons. The summed E-state index contributed by atoms with van der Waals surface area (Å²) >= 11 is 3.54. The van der Waals surface area contributed by atoms with Gasteiger partial charge in [-0.1, -0.05) is 28.1 Å². The summed E-state index contributed by atoms with van der Waals surface area (Å²) in [6, 6.07) is 8.34. The standard InChI is InChI=1S/C17H24BrNO3/c1-3-22-13(2)16(20)19-12-17(7-9-21-10-8-17)14-5-4-6-15(18)11-14/h4-6,11,13H,3,7-10,12H2,1-2H3,(H,19,20)/t13-/m1/s1. The van der Waals surface area contributed by atoms with Crippen molar-refractivity contribution in [3.63, 3.8) is 0 Å². The second kappa shape index (κ2) is 8.09. The van der Waals surface area contributed by atoms with Gasteiger partial charge in [-0.15, -0.1) is 0 Å². The molecule has 1 saturated heterocycles. The lowest BCUT2D eigenvalue weighted by molar-refractivity contribution is -0.131. The number of hydrogen-bond acceptors (Lipinski definition) is 3. The van der Waals surface area contributed by atoms with Crippen molar-refractivity contribution in [3.05, 3.63) is 34.3 Å². The molecule has 0 radical (unpaired) electrons. The van der Waals surface area contributed by atoms with Gasteiger partial charge in [-0.05, 0) is 44.4 Å². The van der Waals surface area contributed by atoms with Crippen molar-refractivity contribution in [1.29, 1.82) is 0 Å². The minimum Gasteiger partial charge on any atom is -0.381 e. The van der Waals surface area contributed by atoms with Crippen molar-refractivity contribution >= 4 is 21.8 Å². The van der Waals surface area contributed by atoms with E-state index in [-0.39, 0.29) is 11.3 Å². The molecule has 0 spiro atoms. The smallest absolute Gasteiger partial charge is 0.248 e.